The zero-order chi connectivity index (χ0) is 24.7. The molecule has 2 amide bonds. The summed E-state index contributed by atoms with van der Waals surface area (Å²) in [7, 11) is 0. The van der Waals surface area contributed by atoms with Gasteiger partial charge < -0.3 is 9.84 Å². The van der Waals surface area contributed by atoms with E-state index in [1.54, 1.807) is 19.1 Å². The summed E-state index contributed by atoms with van der Waals surface area (Å²) >= 11 is 0. The Balaban J connectivity index is 1.65. The SMILES string of the molecule is CC1=C(c2nc(-c3ccc(C)cc3)no2)C(c2ccc(C)cc2)NC(=O)N1c1ccc(F)c(C)c1. The number of nitrogens with zero attached hydrogens (tertiary/aromatic N) is 3. The molecule has 0 saturated heterocycles. The predicted octanol–water partition coefficient (Wildman–Crippen LogP) is 6.50. The molecule has 0 fully saturated rings. The maximum atomic E-state index is 13.9. The van der Waals surface area contributed by atoms with Gasteiger partial charge in [0.25, 0.3) is 5.89 Å². The molecule has 6 nitrogen and oxygen atoms in total. The number of aryl methyl sites for hydroxylation is 3. The number of hydrogen-bond acceptors (Lipinski definition) is 4. The van der Waals surface area contributed by atoms with E-state index in [2.05, 4.69) is 15.5 Å². The van der Waals surface area contributed by atoms with E-state index in [1.165, 1.54) is 11.0 Å². The minimum atomic E-state index is -0.493. The van der Waals surface area contributed by atoms with E-state index >= 15 is 0 Å². The second kappa shape index (κ2) is 8.83. The van der Waals surface area contributed by atoms with Crippen molar-refractivity contribution in [3.8, 4) is 11.4 Å². The standard InChI is InChI=1S/C28H25FN4O2/c1-16-5-9-20(10-6-16)25-24(27-31-26(32-35-27)21-11-7-17(2)8-12-21)19(4)33(28(34)30-25)22-13-14-23(29)18(3)15-22/h5-15,25H,1-4H3,(H,30,34). The summed E-state index contributed by atoms with van der Waals surface area (Å²) < 4.78 is 19.7. The fourth-order valence-corrected chi connectivity index (χ4v) is 4.26. The van der Waals surface area contributed by atoms with Gasteiger partial charge in [0.1, 0.15) is 5.82 Å². The number of urea groups is 1. The number of rotatable bonds is 4. The van der Waals surface area contributed by atoms with Gasteiger partial charge in [0.05, 0.1) is 17.3 Å². The minimum Gasteiger partial charge on any atom is -0.334 e. The van der Waals surface area contributed by atoms with Crippen molar-refractivity contribution in [1.82, 2.24) is 15.5 Å². The Morgan fingerprint density at radius 1 is 0.914 bits per heavy atom. The summed E-state index contributed by atoms with van der Waals surface area (Å²) in [6.45, 7) is 7.53. The third-order valence-corrected chi connectivity index (χ3v) is 6.26. The quantitative estimate of drug-likeness (QED) is 0.371. The Bertz CT molecular complexity index is 1440. The van der Waals surface area contributed by atoms with Gasteiger partial charge in [-0.3, -0.25) is 4.90 Å². The highest BCUT2D eigenvalue weighted by Gasteiger charge is 2.36. The monoisotopic (exact) mass is 468 g/mol. The van der Waals surface area contributed by atoms with E-state index in [9.17, 15) is 9.18 Å². The van der Waals surface area contributed by atoms with Gasteiger partial charge in [-0.1, -0.05) is 64.8 Å². The van der Waals surface area contributed by atoms with Gasteiger partial charge in [-0.05, 0) is 57.0 Å². The van der Waals surface area contributed by atoms with Crippen LogP contribution in [0.15, 0.2) is 77.0 Å². The van der Waals surface area contributed by atoms with E-state index in [-0.39, 0.29) is 11.8 Å². The molecule has 1 atom stereocenters. The number of anilines is 1. The van der Waals surface area contributed by atoms with Crippen LogP contribution in [0, 0.1) is 26.6 Å². The molecule has 1 aromatic heterocycles. The van der Waals surface area contributed by atoms with Gasteiger partial charge in [-0.15, -0.1) is 0 Å². The van der Waals surface area contributed by atoms with Gasteiger partial charge in [-0.2, -0.15) is 4.98 Å². The van der Waals surface area contributed by atoms with Crippen molar-refractivity contribution in [2.45, 2.75) is 33.7 Å². The molecule has 1 unspecified atom stereocenters. The van der Waals surface area contributed by atoms with Crippen molar-refractivity contribution in [3.63, 3.8) is 0 Å². The molecule has 0 saturated carbocycles. The molecule has 0 radical (unpaired) electrons. The zero-order valence-corrected chi connectivity index (χ0v) is 20.0. The number of amides is 2. The number of aromatic nitrogens is 2. The maximum absolute atomic E-state index is 13.9. The first kappa shape index (κ1) is 22.5. The fourth-order valence-electron chi connectivity index (χ4n) is 4.26. The lowest BCUT2D eigenvalue weighted by Gasteiger charge is -2.35. The average Bonchev–Trinajstić information content (AvgIpc) is 3.31. The molecule has 0 spiro atoms. The number of benzene rings is 3. The van der Waals surface area contributed by atoms with Crippen LogP contribution in [0.25, 0.3) is 17.0 Å². The molecule has 2 heterocycles. The van der Waals surface area contributed by atoms with E-state index in [0.29, 0.717) is 34.2 Å². The Morgan fingerprint density at radius 3 is 2.23 bits per heavy atom. The first-order chi connectivity index (χ1) is 16.8. The largest absolute Gasteiger partial charge is 0.334 e. The Hall–Kier alpha value is -4.26. The van der Waals surface area contributed by atoms with Gasteiger partial charge in [0, 0.05) is 11.3 Å². The van der Waals surface area contributed by atoms with E-state index in [4.69, 9.17) is 4.52 Å². The number of carbonyl (C=O) groups excluding carboxylic acids is 1. The first-order valence-electron chi connectivity index (χ1n) is 11.4. The van der Waals surface area contributed by atoms with E-state index in [0.717, 1.165) is 22.3 Å². The molecule has 0 bridgehead atoms. The third kappa shape index (κ3) is 4.21. The highest BCUT2D eigenvalue weighted by Crippen LogP contribution is 2.39. The van der Waals surface area contributed by atoms with Crippen LogP contribution < -0.4 is 10.2 Å². The number of halogens is 1. The highest BCUT2D eigenvalue weighted by atomic mass is 19.1. The van der Waals surface area contributed by atoms with Crippen LogP contribution in [-0.4, -0.2) is 16.2 Å². The molecular weight excluding hydrogens is 443 g/mol. The molecule has 3 aromatic carbocycles. The average molecular weight is 469 g/mol. The Morgan fingerprint density at radius 2 is 1.57 bits per heavy atom. The summed E-state index contributed by atoms with van der Waals surface area (Å²) in [5.74, 6) is 0.446. The van der Waals surface area contributed by atoms with Crippen molar-refractivity contribution in [1.29, 1.82) is 0 Å². The molecule has 7 heteroatoms. The van der Waals surface area contributed by atoms with Crippen molar-refractivity contribution >= 4 is 17.3 Å². The lowest BCUT2D eigenvalue weighted by molar-refractivity contribution is 0.244. The van der Waals surface area contributed by atoms with Crippen LogP contribution in [-0.2, 0) is 0 Å². The summed E-state index contributed by atoms with van der Waals surface area (Å²) in [4.78, 5) is 19.5. The van der Waals surface area contributed by atoms with Gasteiger partial charge in [0.2, 0.25) is 5.82 Å². The van der Waals surface area contributed by atoms with Gasteiger partial charge in [-0.25, -0.2) is 9.18 Å². The summed E-state index contributed by atoms with van der Waals surface area (Å²) in [5.41, 5.74) is 6.29. The molecule has 1 N–H and O–H groups in total. The van der Waals surface area contributed by atoms with E-state index < -0.39 is 6.04 Å². The zero-order valence-electron chi connectivity index (χ0n) is 20.0. The summed E-state index contributed by atoms with van der Waals surface area (Å²) in [6, 6.07) is 19.6. The lowest BCUT2D eigenvalue weighted by atomic mass is 9.94. The third-order valence-electron chi connectivity index (χ3n) is 6.26. The normalized spacial score (nSPS) is 16.0. The van der Waals surface area contributed by atoms with Crippen molar-refractivity contribution in [2.24, 2.45) is 0 Å². The number of carbonyl (C=O) groups is 1. The second-order valence-electron chi connectivity index (χ2n) is 8.85. The minimum absolute atomic E-state index is 0.312. The van der Waals surface area contributed by atoms with Crippen molar-refractivity contribution in [3.05, 3.63) is 106 Å². The fraction of sp³-hybridized carbons (Fsp3) is 0.179. The summed E-state index contributed by atoms with van der Waals surface area (Å²) in [5, 5.41) is 7.29. The van der Waals surface area contributed by atoms with Crippen LogP contribution in [0.2, 0.25) is 0 Å². The van der Waals surface area contributed by atoms with Crippen LogP contribution in [0.4, 0.5) is 14.9 Å². The molecule has 1 aliphatic heterocycles. The Labute approximate surface area is 203 Å². The molecular formula is C28H25FN4O2. The number of nitrogens with one attached hydrogen (secondary N) is 1. The molecule has 0 aliphatic carbocycles. The topological polar surface area (TPSA) is 71.3 Å². The molecule has 176 valence electrons. The smallest absolute Gasteiger partial charge is 0.326 e. The molecule has 5 rings (SSSR count). The van der Waals surface area contributed by atoms with E-state index in [1.807, 2.05) is 69.3 Å². The van der Waals surface area contributed by atoms with Crippen LogP contribution >= 0.6 is 0 Å². The van der Waals surface area contributed by atoms with Gasteiger partial charge in [0.15, 0.2) is 0 Å². The highest BCUT2D eigenvalue weighted by molar-refractivity contribution is 6.01. The predicted molar refractivity (Wildman–Crippen MR) is 133 cm³/mol. The number of hydrogen-bond donors (Lipinski definition) is 1. The second-order valence-corrected chi connectivity index (χ2v) is 8.85. The Kier molecular flexibility index (Phi) is 5.68. The maximum Gasteiger partial charge on any atom is 0.326 e. The molecule has 1 aliphatic rings. The lowest BCUT2D eigenvalue weighted by Crippen LogP contribution is -2.46. The van der Waals surface area contributed by atoms with Crippen molar-refractivity contribution in [2.75, 3.05) is 4.90 Å². The van der Waals surface area contributed by atoms with Crippen LogP contribution in [0.5, 0.6) is 0 Å². The van der Waals surface area contributed by atoms with Crippen molar-refractivity contribution < 1.29 is 13.7 Å². The van der Waals surface area contributed by atoms with Crippen LogP contribution in [0.3, 0.4) is 0 Å². The molecule has 35 heavy (non-hydrogen) atoms. The van der Waals surface area contributed by atoms with Gasteiger partial charge >= 0.3 is 6.03 Å². The molecule has 4 aromatic rings. The van der Waals surface area contributed by atoms with Crippen LogP contribution in [0.1, 0.15) is 41.1 Å². The first-order valence-corrected chi connectivity index (χ1v) is 11.4. The number of allylic oxidation sites excluding steroid dienone is 1. The summed E-state index contributed by atoms with van der Waals surface area (Å²) in [6.07, 6.45) is 0.